The number of nitrogens with two attached hydrogens (primary N) is 1. The molecule has 0 bridgehead atoms. The maximum absolute atomic E-state index is 9.43. The number of anilines is 1. The SMILES string of the molecule is CN(C)C=O.Nc1cc2cccnc2c2ncccc12. The molecule has 0 saturated carbocycles. The second-order valence-electron chi connectivity index (χ2n) is 4.51. The molecular weight excluding hydrogens is 252 g/mol. The first-order valence-corrected chi connectivity index (χ1v) is 6.13. The Balaban J connectivity index is 0.000000257. The Bertz CT molecular complexity index is 740. The molecule has 2 aromatic heterocycles. The smallest absolute Gasteiger partial charge is 0.209 e. The molecule has 2 N–H and O–H groups in total. The number of benzene rings is 1. The van der Waals surface area contributed by atoms with E-state index in [0.29, 0.717) is 0 Å². The molecule has 0 aliphatic rings. The molecule has 5 heteroatoms. The van der Waals surface area contributed by atoms with Crippen molar-refractivity contribution in [3.63, 3.8) is 0 Å². The van der Waals surface area contributed by atoms with Gasteiger partial charge >= 0.3 is 0 Å². The van der Waals surface area contributed by atoms with Crippen molar-refractivity contribution in [2.24, 2.45) is 0 Å². The number of pyridine rings is 2. The van der Waals surface area contributed by atoms with Crippen molar-refractivity contribution in [2.75, 3.05) is 19.8 Å². The lowest BCUT2D eigenvalue weighted by molar-refractivity contribution is -0.115. The van der Waals surface area contributed by atoms with Gasteiger partial charge in [-0.05, 0) is 24.3 Å². The van der Waals surface area contributed by atoms with Crippen LogP contribution in [0, 0.1) is 0 Å². The molecule has 5 nitrogen and oxygen atoms in total. The number of carbonyl (C=O) groups excluding carboxylic acids is 1. The fraction of sp³-hybridized carbons (Fsp3) is 0.133. The van der Waals surface area contributed by atoms with Crippen LogP contribution < -0.4 is 5.73 Å². The molecule has 20 heavy (non-hydrogen) atoms. The van der Waals surface area contributed by atoms with Gasteiger partial charge in [-0.2, -0.15) is 0 Å². The first-order chi connectivity index (χ1) is 9.63. The Kier molecular flexibility index (Phi) is 4.10. The van der Waals surface area contributed by atoms with Crippen LogP contribution in [0.25, 0.3) is 21.8 Å². The summed E-state index contributed by atoms with van der Waals surface area (Å²) in [5.74, 6) is 0. The molecule has 0 fully saturated rings. The number of nitrogen functional groups attached to an aromatic ring is 1. The Morgan fingerprint density at radius 2 is 1.70 bits per heavy atom. The fourth-order valence-electron chi connectivity index (χ4n) is 1.80. The van der Waals surface area contributed by atoms with Gasteiger partial charge in [-0.15, -0.1) is 0 Å². The lowest BCUT2D eigenvalue weighted by Crippen LogP contribution is -2.06. The van der Waals surface area contributed by atoms with Gasteiger partial charge in [-0.25, -0.2) is 0 Å². The van der Waals surface area contributed by atoms with Gasteiger partial charge in [0.25, 0.3) is 0 Å². The third-order valence-corrected chi connectivity index (χ3v) is 2.70. The van der Waals surface area contributed by atoms with Crippen molar-refractivity contribution >= 4 is 33.9 Å². The summed E-state index contributed by atoms with van der Waals surface area (Å²) in [6, 6.07) is 9.68. The first kappa shape index (κ1) is 13.7. The van der Waals surface area contributed by atoms with Crippen molar-refractivity contribution in [2.45, 2.75) is 0 Å². The number of nitrogens with zero attached hydrogens (tertiary/aromatic N) is 3. The van der Waals surface area contributed by atoms with Gasteiger partial charge in [0, 0.05) is 42.9 Å². The number of amides is 1. The van der Waals surface area contributed by atoms with Crippen LogP contribution in [0.1, 0.15) is 0 Å². The Morgan fingerprint density at radius 1 is 1.10 bits per heavy atom. The van der Waals surface area contributed by atoms with E-state index < -0.39 is 0 Å². The van der Waals surface area contributed by atoms with Crippen LogP contribution in [0.15, 0.2) is 42.7 Å². The van der Waals surface area contributed by atoms with E-state index in [4.69, 9.17) is 5.73 Å². The highest BCUT2D eigenvalue weighted by molar-refractivity contribution is 6.08. The second-order valence-corrected chi connectivity index (χ2v) is 4.51. The summed E-state index contributed by atoms with van der Waals surface area (Å²) in [5.41, 5.74) is 8.48. The van der Waals surface area contributed by atoms with Crippen molar-refractivity contribution in [1.82, 2.24) is 14.9 Å². The van der Waals surface area contributed by atoms with Crippen LogP contribution in [0.4, 0.5) is 5.69 Å². The van der Waals surface area contributed by atoms with E-state index in [2.05, 4.69) is 9.97 Å². The third-order valence-electron chi connectivity index (χ3n) is 2.70. The monoisotopic (exact) mass is 268 g/mol. The molecule has 1 aromatic carbocycles. The Hall–Kier alpha value is -2.69. The molecule has 0 aliphatic heterocycles. The zero-order chi connectivity index (χ0) is 14.5. The topological polar surface area (TPSA) is 72.1 Å². The summed E-state index contributed by atoms with van der Waals surface area (Å²) in [4.78, 5) is 19.5. The summed E-state index contributed by atoms with van der Waals surface area (Å²) in [7, 11) is 3.38. The molecule has 0 unspecified atom stereocenters. The molecule has 0 radical (unpaired) electrons. The molecule has 0 atom stereocenters. The normalized spacial score (nSPS) is 9.90. The molecule has 2 heterocycles. The average molecular weight is 268 g/mol. The van der Waals surface area contributed by atoms with Crippen molar-refractivity contribution < 1.29 is 4.79 Å². The predicted octanol–water partition coefficient (Wildman–Crippen LogP) is 2.07. The minimum absolute atomic E-state index is 0.749. The number of carbonyl (C=O) groups is 1. The van der Waals surface area contributed by atoms with Crippen LogP contribution >= 0.6 is 0 Å². The van der Waals surface area contributed by atoms with Crippen molar-refractivity contribution in [3.8, 4) is 0 Å². The molecule has 102 valence electrons. The Labute approximate surface area is 117 Å². The number of rotatable bonds is 1. The zero-order valence-electron chi connectivity index (χ0n) is 11.4. The Morgan fingerprint density at radius 3 is 2.35 bits per heavy atom. The maximum atomic E-state index is 9.43. The van der Waals surface area contributed by atoms with Gasteiger partial charge in [-0.1, -0.05) is 6.07 Å². The minimum atomic E-state index is 0.749. The zero-order valence-corrected chi connectivity index (χ0v) is 11.4. The summed E-state index contributed by atoms with van der Waals surface area (Å²) in [6.07, 6.45) is 4.28. The number of hydrogen-bond donors (Lipinski definition) is 1. The molecule has 0 aliphatic carbocycles. The first-order valence-electron chi connectivity index (χ1n) is 6.13. The third kappa shape index (κ3) is 2.83. The molecule has 3 aromatic rings. The van der Waals surface area contributed by atoms with Crippen LogP contribution in [0.2, 0.25) is 0 Å². The summed E-state index contributed by atoms with van der Waals surface area (Å²) in [5, 5.41) is 1.99. The highest BCUT2D eigenvalue weighted by atomic mass is 16.1. The predicted molar refractivity (Wildman–Crippen MR) is 81.2 cm³/mol. The molecular formula is C15H16N4O. The number of fused-ring (bicyclic) bond motifs is 3. The number of hydrogen-bond acceptors (Lipinski definition) is 4. The largest absolute Gasteiger partial charge is 0.398 e. The average Bonchev–Trinajstić information content (AvgIpc) is 2.48. The maximum Gasteiger partial charge on any atom is 0.209 e. The lowest BCUT2D eigenvalue weighted by atomic mass is 10.1. The highest BCUT2D eigenvalue weighted by Gasteiger charge is 2.04. The van der Waals surface area contributed by atoms with E-state index in [1.165, 1.54) is 4.90 Å². The van der Waals surface area contributed by atoms with E-state index in [1.54, 1.807) is 26.5 Å². The van der Waals surface area contributed by atoms with Gasteiger partial charge in [0.2, 0.25) is 6.41 Å². The van der Waals surface area contributed by atoms with E-state index in [-0.39, 0.29) is 0 Å². The lowest BCUT2D eigenvalue weighted by Gasteiger charge is -2.04. The van der Waals surface area contributed by atoms with Gasteiger partial charge in [-0.3, -0.25) is 14.8 Å². The fourth-order valence-corrected chi connectivity index (χ4v) is 1.80. The van der Waals surface area contributed by atoms with Gasteiger partial charge in [0.1, 0.15) is 0 Å². The van der Waals surface area contributed by atoms with Gasteiger partial charge < -0.3 is 10.6 Å². The number of aromatic nitrogens is 2. The standard InChI is InChI=1S/C12H9N3.C3H7NO/c13-10-7-8-3-1-5-14-11(8)12-9(10)4-2-6-15-12;1-4(2)3-5/h1-7H,13H2;3H,1-2H3. The van der Waals surface area contributed by atoms with Crippen LogP contribution in [0.5, 0.6) is 0 Å². The molecule has 0 saturated heterocycles. The van der Waals surface area contributed by atoms with E-state index in [1.807, 2.05) is 30.3 Å². The van der Waals surface area contributed by atoms with Crippen molar-refractivity contribution in [1.29, 1.82) is 0 Å². The van der Waals surface area contributed by atoms with Crippen molar-refractivity contribution in [3.05, 3.63) is 42.7 Å². The van der Waals surface area contributed by atoms with Crippen LogP contribution in [-0.2, 0) is 4.79 Å². The quantitative estimate of drug-likeness (QED) is 0.416. The summed E-state index contributed by atoms with van der Waals surface area (Å²) < 4.78 is 0. The van der Waals surface area contributed by atoms with Gasteiger partial charge in [0.15, 0.2) is 0 Å². The van der Waals surface area contributed by atoms with E-state index >= 15 is 0 Å². The van der Waals surface area contributed by atoms with E-state index in [9.17, 15) is 4.79 Å². The molecule has 0 spiro atoms. The van der Waals surface area contributed by atoms with Gasteiger partial charge in [0.05, 0.1) is 11.0 Å². The summed E-state index contributed by atoms with van der Waals surface area (Å²) >= 11 is 0. The molecule has 3 rings (SSSR count). The second kappa shape index (κ2) is 5.97. The minimum Gasteiger partial charge on any atom is -0.398 e. The summed E-state index contributed by atoms with van der Waals surface area (Å²) in [6.45, 7) is 0. The highest BCUT2D eigenvalue weighted by Crippen LogP contribution is 2.26. The molecule has 1 amide bonds. The van der Waals surface area contributed by atoms with Crippen LogP contribution in [0.3, 0.4) is 0 Å². The van der Waals surface area contributed by atoms with E-state index in [0.717, 1.165) is 33.9 Å². The van der Waals surface area contributed by atoms with Crippen LogP contribution in [-0.4, -0.2) is 35.4 Å².